The molecule has 3 rings (SSSR count). The van der Waals surface area contributed by atoms with Crippen molar-refractivity contribution in [2.75, 3.05) is 13.1 Å². The van der Waals surface area contributed by atoms with Crippen LogP contribution in [0.25, 0.3) is 11.0 Å². The molecule has 0 atom stereocenters. The van der Waals surface area contributed by atoms with E-state index in [1.807, 2.05) is 0 Å². The van der Waals surface area contributed by atoms with Gasteiger partial charge in [-0.25, -0.2) is 13.8 Å². The molecule has 2 amide bonds. The zero-order valence-electron chi connectivity index (χ0n) is 17.8. The van der Waals surface area contributed by atoms with Gasteiger partial charge in [0.1, 0.15) is 11.3 Å². The first-order valence-electron chi connectivity index (χ1n) is 9.98. The monoisotopic (exact) mass is 512 g/mol. The first kappa shape index (κ1) is 25.8. The van der Waals surface area contributed by atoms with E-state index in [1.54, 1.807) is 12.1 Å². The minimum absolute atomic E-state index is 0.0175. The van der Waals surface area contributed by atoms with Crippen molar-refractivity contribution in [1.29, 1.82) is 0 Å². The third-order valence-electron chi connectivity index (χ3n) is 4.66. The highest BCUT2D eigenvalue weighted by Gasteiger charge is 2.20. The standard InChI is InChI=1S/C21H19F2N2O9P/c22-15-10-12-9-14(21(29)33-19(12)17(23)18(15)27)20(28)25-8-7-24-16(26)6-3-11-1-4-13(5-2-11)34-35(30,31)32/h1-2,4-5,9-10,27H,3,6-8H2,(H,24,26)(H,25,28)(H2,30,31,32). The van der Waals surface area contributed by atoms with Crippen molar-refractivity contribution in [3.63, 3.8) is 0 Å². The van der Waals surface area contributed by atoms with Gasteiger partial charge in [0.2, 0.25) is 11.7 Å². The lowest BCUT2D eigenvalue weighted by molar-refractivity contribution is -0.121. The predicted octanol–water partition coefficient (Wildman–Crippen LogP) is 1.73. The van der Waals surface area contributed by atoms with Crippen molar-refractivity contribution in [3.05, 3.63) is 69.6 Å². The highest BCUT2D eigenvalue weighted by Crippen LogP contribution is 2.37. The van der Waals surface area contributed by atoms with Crippen molar-refractivity contribution in [1.82, 2.24) is 10.6 Å². The van der Waals surface area contributed by atoms with Gasteiger partial charge < -0.3 is 24.7 Å². The predicted molar refractivity (Wildman–Crippen MR) is 117 cm³/mol. The van der Waals surface area contributed by atoms with Gasteiger partial charge in [-0.3, -0.25) is 19.4 Å². The summed E-state index contributed by atoms with van der Waals surface area (Å²) in [7, 11) is -4.65. The molecule has 0 aliphatic carbocycles. The zero-order valence-corrected chi connectivity index (χ0v) is 18.7. The lowest BCUT2D eigenvalue weighted by Gasteiger charge is -2.09. The summed E-state index contributed by atoms with van der Waals surface area (Å²) in [4.78, 5) is 53.7. The number of halogens is 2. The Morgan fingerprint density at radius 2 is 1.71 bits per heavy atom. The number of rotatable bonds is 9. The number of carbonyl (C=O) groups excluding carboxylic acids is 2. The topological polar surface area (TPSA) is 175 Å². The van der Waals surface area contributed by atoms with Crippen LogP contribution in [0.15, 0.2) is 45.6 Å². The van der Waals surface area contributed by atoms with Crippen LogP contribution in [0.2, 0.25) is 0 Å². The number of benzene rings is 2. The fraction of sp³-hybridized carbons (Fsp3) is 0.190. The summed E-state index contributed by atoms with van der Waals surface area (Å²) in [5, 5.41) is 13.9. The van der Waals surface area contributed by atoms with E-state index in [1.165, 1.54) is 12.1 Å². The number of aryl methyl sites for hydroxylation is 1. The molecule has 0 radical (unpaired) electrons. The molecule has 0 fully saturated rings. The normalized spacial score (nSPS) is 11.3. The third-order valence-corrected chi connectivity index (χ3v) is 5.11. The number of aromatic hydroxyl groups is 1. The maximum absolute atomic E-state index is 13.8. The molecule has 5 N–H and O–H groups in total. The third kappa shape index (κ3) is 6.85. The van der Waals surface area contributed by atoms with Crippen LogP contribution in [-0.4, -0.2) is 39.8 Å². The lowest BCUT2D eigenvalue weighted by Crippen LogP contribution is -2.36. The Morgan fingerprint density at radius 1 is 1.06 bits per heavy atom. The van der Waals surface area contributed by atoms with E-state index >= 15 is 0 Å². The highest BCUT2D eigenvalue weighted by molar-refractivity contribution is 7.46. The number of phenols is 1. The summed E-state index contributed by atoms with van der Waals surface area (Å²) < 4.78 is 47.3. The first-order valence-corrected chi connectivity index (χ1v) is 11.5. The molecule has 0 bridgehead atoms. The minimum atomic E-state index is -4.65. The van der Waals surface area contributed by atoms with Crippen LogP contribution < -0.4 is 20.8 Å². The van der Waals surface area contributed by atoms with Gasteiger partial charge in [0.05, 0.1) is 0 Å². The van der Waals surface area contributed by atoms with Gasteiger partial charge in [0, 0.05) is 24.9 Å². The molecular formula is C21H19F2N2O9P. The van der Waals surface area contributed by atoms with Crippen LogP contribution in [0.3, 0.4) is 0 Å². The van der Waals surface area contributed by atoms with Crippen LogP contribution in [0, 0.1) is 11.6 Å². The molecular weight excluding hydrogens is 493 g/mol. The molecule has 3 aromatic rings. The maximum atomic E-state index is 13.8. The Morgan fingerprint density at radius 3 is 2.37 bits per heavy atom. The minimum Gasteiger partial charge on any atom is -0.503 e. The van der Waals surface area contributed by atoms with E-state index in [2.05, 4.69) is 15.2 Å². The van der Waals surface area contributed by atoms with Gasteiger partial charge in [0.25, 0.3) is 5.91 Å². The molecule has 0 aliphatic rings. The van der Waals surface area contributed by atoms with Crippen molar-refractivity contribution >= 4 is 30.6 Å². The van der Waals surface area contributed by atoms with Crippen molar-refractivity contribution < 1.29 is 46.8 Å². The molecule has 14 heteroatoms. The average molecular weight is 512 g/mol. The van der Waals surface area contributed by atoms with Gasteiger partial charge in [-0.2, -0.15) is 4.39 Å². The fourth-order valence-corrected chi connectivity index (χ4v) is 3.41. The van der Waals surface area contributed by atoms with Gasteiger partial charge in [0.15, 0.2) is 17.1 Å². The highest BCUT2D eigenvalue weighted by atomic mass is 31.2. The maximum Gasteiger partial charge on any atom is 0.524 e. The van der Waals surface area contributed by atoms with Crippen molar-refractivity contribution in [3.8, 4) is 11.5 Å². The second kappa shape index (κ2) is 10.6. The Hall–Kier alpha value is -3.80. The number of phosphoric acid groups is 1. The Bertz CT molecular complexity index is 1370. The zero-order chi connectivity index (χ0) is 25.8. The molecule has 0 saturated heterocycles. The number of phenolic OH excluding ortho intramolecular Hbond substituents is 1. The number of fused-ring (bicyclic) bond motifs is 1. The van der Waals surface area contributed by atoms with E-state index < -0.39 is 47.9 Å². The summed E-state index contributed by atoms with van der Waals surface area (Å²) >= 11 is 0. The number of hydrogen-bond acceptors (Lipinski definition) is 7. The molecule has 186 valence electrons. The summed E-state index contributed by atoms with van der Waals surface area (Å²) in [6.45, 7) is -0.0373. The second-order valence-electron chi connectivity index (χ2n) is 7.22. The summed E-state index contributed by atoms with van der Waals surface area (Å²) in [5.74, 6) is -5.30. The molecule has 1 aromatic heterocycles. The fourth-order valence-electron chi connectivity index (χ4n) is 3.01. The van der Waals surface area contributed by atoms with Crippen molar-refractivity contribution in [2.24, 2.45) is 0 Å². The number of nitrogens with one attached hydrogen (secondary N) is 2. The molecule has 0 aliphatic heterocycles. The van der Waals surface area contributed by atoms with Gasteiger partial charge in [-0.1, -0.05) is 12.1 Å². The number of hydrogen-bond donors (Lipinski definition) is 5. The molecule has 2 aromatic carbocycles. The quantitative estimate of drug-likeness (QED) is 0.162. The van der Waals surface area contributed by atoms with Crippen molar-refractivity contribution in [2.45, 2.75) is 12.8 Å². The van der Waals surface area contributed by atoms with E-state index in [9.17, 15) is 32.8 Å². The van der Waals surface area contributed by atoms with Crippen LogP contribution >= 0.6 is 7.82 Å². The van der Waals surface area contributed by atoms with E-state index in [-0.39, 0.29) is 36.6 Å². The number of phosphoric ester groups is 1. The second-order valence-corrected chi connectivity index (χ2v) is 8.38. The Balaban J connectivity index is 1.47. The van der Waals surface area contributed by atoms with Gasteiger partial charge >= 0.3 is 13.4 Å². The molecule has 11 nitrogen and oxygen atoms in total. The summed E-state index contributed by atoms with van der Waals surface area (Å²) in [6.07, 6.45) is 0.417. The Labute approximate surface area is 195 Å². The summed E-state index contributed by atoms with van der Waals surface area (Å²) in [5.41, 5.74) is -1.68. The Kier molecular flexibility index (Phi) is 7.85. The lowest BCUT2D eigenvalue weighted by atomic mass is 10.1. The van der Waals surface area contributed by atoms with Crippen LogP contribution in [0.5, 0.6) is 11.5 Å². The molecule has 0 spiro atoms. The van der Waals surface area contributed by atoms with Crippen LogP contribution in [0.1, 0.15) is 22.3 Å². The van der Waals surface area contributed by atoms with E-state index in [0.717, 1.165) is 11.6 Å². The summed E-state index contributed by atoms with van der Waals surface area (Å²) in [6, 6.07) is 7.45. The van der Waals surface area contributed by atoms with E-state index in [4.69, 9.17) is 14.2 Å². The molecule has 35 heavy (non-hydrogen) atoms. The largest absolute Gasteiger partial charge is 0.524 e. The van der Waals surface area contributed by atoms with Crippen LogP contribution in [0.4, 0.5) is 8.78 Å². The molecule has 0 unspecified atom stereocenters. The number of carbonyl (C=O) groups is 2. The SMILES string of the molecule is O=C(CCc1ccc(OP(=O)(O)O)cc1)NCCNC(=O)c1cc2cc(F)c(O)c(F)c2oc1=O. The van der Waals surface area contributed by atoms with Gasteiger partial charge in [-0.05, 0) is 36.2 Å². The average Bonchev–Trinajstić information content (AvgIpc) is 2.79. The van der Waals surface area contributed by atoms with Gasteiger partial charge in [-0.15, -0.1) is 0 Å². The number of amides is 2. The van der Waals surface area contributed by atoms with Crippen LogP contribution in [-0.2, 0) is 15.8 Å². The molecule has 0 saturated carbocycles. The smallest absolute Gasteiger partial charge is 0.503 e. The first-order chi connectivity index (χ1) is 16.4. The van der Waals surface area contributed by atoms with E-state index in [0.29, 0.717) is 12.5 Å². The molecule has 1 heterocycles.